The zero-order valence-corrected chi connectivity index (χ0v) is 14.2. The Labute approximate surface area is 143 Å². The molecule has 0 spiro atoms. The van der Waals surface area contributed by atoms with Crippen molar-refractivity contribution in [3.05, 3.63) is 23.3 Å². The van der Waals surface area contributed by atoms with Gasteiger partial charge in [0, 0.05) is 26.3 Å². The third-order valence-electron chi connectivity index (χ3n) is 4.25. The molecule has 8 heteroatoms. The van der Waals surface area contributed by atoms with Gasteiger partial charge in [0.1, 0.15) is 26.6 Å². The first kappa shape index (κ1) is 15.1. The molecule has 4 heterocycles. The summed E-state index contributed by atoms with van der Waals surface area (Å²) in [5, 5.41) is 4.34. The second-order valence-electron chi connectivity index (χ2n) is 5.98. The number of nitrogens with zero attached hydrogens (tertiary/aromatic N) is 5. The molecular formula is C16H18N6OS. The average molecular weight is 342 g/mol. The molecule has 1 aliphatic heterocycles. The lowest BCUT2D eigenvalue weighted by Crippen LogP contribution is -2.35. The molecule has 0 saturated carbocycles. The SMILES string of the molecule is Cn1ccc(-c2cnc3c(N)c(C(=O)N4CCCCC4)sc3n2)n1. The van der Waals surface area contributed by atoms with Crippen molar-refractivity contribution in [1.82, 2.24) is 24.6 Å². The summed E-state index contributed by atoms with van der Waals surface area (Å²) in [5.41, 5.74) is 8.65. The molecule has 0 bridgehead atoms. The minimum absolute atomic E-state index is 0.00335. The van der Waals surface area contributed by atoms with Crippen LogP contribution >= 0.6 is 11.3 Å². The van der Waals surface area contributed by atoms with Crippen LogP contribution in [0.1, 0.15) is 28.9 Å². The Morgan fingerprint density at radius 1 is 1.25 bits per heavy atom. The van der Waals surface area contributed by atoms with E-state index in [4.69, 9.17) is 5.73 Å². The second-order valence-corrected chi connectivity index (χ2v) is 6.98. The smallest absolute Gasteiger partial charge is 0.266 e. The number of thiophene rings is 1. The molecule has 3 aromatic heterocycles. The number of amides is 1. The Hall–Kier alpha value is -2.48. The maximum Gasteiger partial charge on any atom is 0.266 e. The number of carbonyl (C=O) groups is 1. The number of nitrogens with two attached hydrogens (primary N) is 1. The van der Waals surface area contributed by atoms with Crippen LogP contribution in [0, 0.1) is 0 Å². The van der Waals surface area contributed by atoms with Gasteiger partial charge in [-0.15, -0.1) is 11.3 Å². The first-order valence-electron chi connectivity index (χ1n) is 7.98. The van der Waals surface area contributed by atoms with Crippen molar-refractivity contribution in [2.75, 3.05) is 18.8 Å². The number of nitrogen functional groups attached to an aromatic ring is 1. The lowest BCUT2D eigenvalue weighted by molar-refractivity contribution is 0.0730. The van der Waals surface area contributed by atoms with Crippen LogP contribution in [-0.2, 0) is 7.05 Å². The van der Waals surface area contributed by atoms with E-state index in [0.717, 1.165) is 31.6 Å². The Bertz CT molecular complexity index is 909. The fourth-order valence-corrected chi connectivity index (χ4v) is 3.98. The lowest BCUT2D eigenvalue weighted by Gasteiger charge is -2.26. The van der Waals surface area contributed by atoms with Crippen molar-refractivity contribution >= 4 is 33.3 Å². The predicted molar refractivity (Wildman–Crippen MR) is 93.8 cm³/mol. The minimum atomic E-state index is -0.00335. The van der Waals surface area contributed by atoms with Crippen molar-refractivity contribution in [1.29, 1.82) is 0 Å². The average Bonchev–Trinajstić information content (AvgIpc) is 3.18. The van der Waals surface area contributed by atoms with E-state index >= 15 is 0 Å². The molecule has 3 aromatic rings. The van der Waals surface area contributed by atoms with Crippen molar-refractivity contribution in [3.63, 3.8) is 0 Å². The highest BCUT2D eigenvalue weighted by atomic mass is 32.1. The van der Waals surface area contributed by atoms with Crippen molar-refractivity contribution in [2.45, 2.75) is 19.3 Å². The molecule has 0 unspecified atom stereocenters. The predicted octanol–water partition coefficient (Wildman–Crippen LogP) is 2.30. The first-order chi connectivity index (χ1) is 11.6. The third kappa shape index (κ3) is 2.52. The molecule has 1 saturated heterocycles. The molecule has 0 atom stereocenters. The fraction of sp³-hybridized carbons (Fsp3) is 0.375. The van der Waals surface area contributed by atoms with Gasteiger partial charge in [0.25, 0.3) is 5.91 Å². The van der Waals surface area contributed by atoms with E-state index in [1.807, 2.05) is 24.2 Å². The third-order valence-corrected chi connectivity index (χ3v) is 5.33. The summed E-state index contributed by atoms with van der Waals surface area (Å²) in [6.45, 7) is 1.60. The fourth-order valence-electron chi connectivity index (χ4n) is 2.96. The number of carbonyl (C=O) groups excluding carboxylic acids is 1. The van der Waals surface area contributed by atoms with Crippen molar-refractivity contribution < 1.29 is 4.79 Å². The standard InChI is InChI=1S/C16H18N6OS/c1-21-8-5-10(20-21)11-9-18-13-12(17)14(24-15(13)19-11)16(23)22-6-3-2-4-7-22/h5,8-9H,2-4,6-7,17H2,1H3. The van der Waals surface area contributed by atoms with E-state index in [1.54, 1.807) is 10.9 Å². The van der Waals surface area contributed by atoms with Gasteiger partial charge in [0.05, 0.1) is 11.9 Å². The van der Waals surface area contributed by atoms with Crippen LogP contribution < -0.4 is 5.73 Å². The van der Waals surface area contributed by atoms with Gasteiger partial charge in [-0.05, 0) is 25.3 Å². The number of likely N-dealkylation sites (tertiary alicyclic amines) is 1. The summed E-state index contributed by atoms with van der Waals surface area (Å²) >= 11 is 1.32. The maximum absolute atomic E-state index is 12.7. The highest BCUT2D eigenvalue weighted by molar-refractivity contribution is 7.21. The van der Waals surface area contributed by atoms with Gasteiger partial charge in [-0.1, -0.05) is 0 Å². The number of piperidine rings is 1. The van der Waals surface area contributed by atoms with Crippen LogP contribution in [-0.4, -0.2) is 43.6 Å². The van der Waals surface area contributed by atoms with Gasteiger partial charge in [-0.25, -0.2) is 9.97 Å². The molecule has 7 nitrogen and oxygen atoms in total. The van der Waals surface area contributed by atoms with Crippen LogP contribution in [0.5, 0.6) is 0 Å². The second kappa shape index (κ2) is 5.86. The van der Waals surface area contributed by atoms with E-state index in [1.165, 1.54) is 17.8 Å². The Morgan fingerprint density at radius 3 is 2.75 bits per heavy atom. The summed E-state index contributed by atoms with van der Waals surface area (Å²) in [5.74, 6) is -0.00335. The molecular weight excluding hydrogens is 324 g/mol. The van der Waals surface area contributed by atoms with E-state index in [9.17, 15) is 4.79 Å². The van der Waals surface area contributed by atoms with Crippen molar-refractivity contribution in [2.24, 2.45) is 7.05 Å². The zero-order valence-electron chi connectivity index (χ0n) is 13.4. The van der Waals surface area contributed by atoms with Gasteiger partial charge >= 0.3 is 0 Å². The monoisotopic (exact) mass is 342 g/mol. The molecule has 0 aliphatic carbocycles. The molecule has 0 radical (unpaired) electrons. The maximum atomic E-state index is 12.7. The summed E-state index contributed by atoms with van der Waals surface area (Å²) in [6, 6.07) is 1.88. The van der Waals surface area contributed by atoms with E-state index in [0.29, 0.717) is 26.6 Å². The van der Waals surface area contributed by atoms with E-state index in [2.05, 4.69) is 15.1 Å². The molecule has 4 rings (SSSR count). The lowest BCUT2D eigenvalue weighted by atomic mass is 10.1. The van der Waals surface area contributed by atoms with E-state index < -0.39 is 0 Å². The molecule has 124 valence electrons. The number of aryl methyl sites for hydroxylation is 1. The Balaban J connectivity index is 1.72. The van der Waals surface area contributed by atoms with Crippen LogP contribution in [0.4, 0.5) is 5.69 Å². The number of anilines is 1. The number of hydrogen-bond acceptors (Lipinski definition) is 6. The number of rotatable bonds is 2. The molecule has 1 fully saturated rings. The van der Waals surface area contributed by atoms with Gasteiger partial charge in [-0.2, -0.15) is 5.10 Å². The topological polar surface area (TPSA) is 89.9 Å². The highest BCUT2D eigenvalue weighted by Crippen LogP contribution is 2.33. The summed E-state index contributed by atoms with van der Waals surface area (Å²) < 4.78 is 1.72. The van der Waals surface area contributed by atoms with E-state index in [-0.39, 0.29) is 5.91 Å². The molecule has 24 heavy (non-hydrogen) atoms. The summed E-state index contributed by atoms with van der Waals surface area (Å²) in [6.07, 6.45) is 6.80. The molecule has 1 amide bonds. The molecule has 0 aromatic carbocycles. The Kier molecular flexibility index (Phi) is 3.68. The minimum Gasteiger partial charge on any atom is -0.396 e. The van der Waals surface area contributed by atoms with Crippen LogP contribution in [0.25, 0.3) is 21.7 Å². The van der Waals surface area contributed by atoms with Crippen molar-refractivity contribution in [3.8, 4) is 11.4 Å². The largest absolute Gasteiger partial charge is 0.396 e. The van der Waals surface area contributed by atoms with Crippen LogP contribution in [0.15, 0.2) is 18.5 Å². The Morgan fingerprint density at radius 2 is 2.04 bits per heavy atom. The normalized spacial score (nSPS) is 15.1. The zero-order chi connectivity index (χ0) is 16.7. The van der Waals surface area contributed by atoms with Gasteiger partial charge in [-0.3, -0.25) is 9.48 Å². The summed E-state index contributed by atoms with van der Waals surface area (Å²) in [4.78, 5) is 24.9. The number of aromatic nitrogens is 4. The van der Waals surface area contributed by atoms with Gasteiger partial charge in [0.2, 0.25) is 0 Å². The highest BCUT2D eigenvalue weighted by Gasteiger charge is 2.24. The number of fused-ring (bicyclic) bond motifs is 1. The van der Waals surface area contributed by atoms with Gasteiger partial charge < -0.3 is 10.6 Å². The first-order valence-corrected chi connectivity index (χ1v) is 8.79. The van der Waals surface area contributed by atoms with Gasteiger partial charge in [0.15, 0.2) is 0 Å². The quantitative estimate of drug-likeness (QED) is 0.772. The number of hydrogen-bond donors (Lipinski definition) is 1. The molecule has 2 N–H and O–H groups in total. The van der Waals surface area contributed by atoms with Crippen LogP contribution in [0.2, 0.25) is 0 Å². The molecule has 1 aliphatic rings. The van der Waals surface area contributed by atoms with Crippen LogP contribution in [0.3, 0.4) is 0 Å². The summed E-state index contributed by atoms with van der Waals surface area (Å²) in [7, 11) is 1.86.